The smallest absolute Gasteiger partial charge is 0.242 e. The Balaban J connectivity index is 2.10. The maximum Gasteiger partial charge on any atom is 0.242 e. The molecule has 1 aliphatic heterocycles. The number of nitrogens with zero attached hydrogens (tertiary/aromatic N) is 3. The second-order valence-electron chi connectivity index (χ2n) is 13.1. The second-order valence-corrected chi connectivity index (χ2v) is 14.2. The Labute approximate surface area is 234 Å². The van der Waals surface area contributed by atoms with Gasteiger partial charge in [0.2, 0.25) is 11.8 Å². The van der Waals surface area contributed by atoms with E-state index in [9.17, 15) is 14.7 Å². The molecular weight excluding hydrogens is 498 g/mol. The van der Waals surface area contributed by atoms with Crippen molar-refractivity contribution >= 4 is 23.2 Å². The van der Waals surface area contributed by atoms with Gasteiger partial charge in [-0.2, -0.15) is 0 Å². The number of amides is 2. The number of carbonyl (C=O) groups excluding carboxylic acids is 2. The quantitative estimate of drug-likeness (QED) is 0.469. The van der Waals surface area contributed by atoms with E-state index >= 15 is 0 Å². The normalized spacial score (nSPS) is 24.8. The van der Waals surface area contributed by atoms with Gasteiger partial charge in [0, 0.05) is 26.4 Å². The van der Waals surface area contributed by atoms with Gasteiger partial charge in [-0.25, -0.2) is 0 Å². The average Bonchev–Trinajstić information content (AvgIpc) is 3.29. The van der Waals surface area contributed by atoms with Crippen molar-refractivity contribution in [3.8, 4) is 0 Å². The minimum atomic E-state index is -0.783. The summed E-state index contributed by atoms with van der Waals surface area (Å²) in [7, 11) is 1.70. The van der Waals surface area contributed by atoms with Crippen LogP contribution in [0.5, 0.6) is 0 Å². The number of aliphatic hydroxyl groups is 1. The molecule has 218 valence electrons. The molecule has 0 aromatic carbocycles. The fourth-order valence-corrected chi connectivity index (χ4v) is 6.04. The molecule has 0 saturated carbocycles. The van der Waals surface area contributed by atoms with Crippen molar-refractivity contribution in [2.24, 2.45) is 11.3 Å². The molecule has 8 nitrogen and oxygen atoms in total. The van der Waals surface area contributed by atoms with Crippen molar-refractivity contribution in [3.05, 3.63) is 10.0 Å². The fraction of sp³-hybridized carbons (Fsp3) is 0.862. The Hall–Kier alpha value is -1.58. The zero-order chi connectivity index (χ0) is 28.5. The number of aliphatic hydroxyl groups excluding tert-OH is 1. The summed E-state index contributed by atoms with van der Waals surface area (Å²) in [6, 6.07) is -1.00. The van der Waals surface area contributed by atoms with Crippen molar-refractivity contribution in [2.75, 3.05) is 13.6 Å². The van der Waals surface area contributed by atoms with E-state index in [4.69, 9.17) is 0 Å². The molecule has 9 heteroatoms. The maximum absolute atomic E-state index is 13.2. The maximum atomic E-state index is 13.2. The Bertz CT molecular complexity index is 882. The highest BCUT2D eigenvalue weighted by Gasteiger charge is 2.31. The third-order valence-corrected chi connectivity index (χ3v) is 8.82. The lowest BCUT2D eigenvalue weighted by Gasteiger charge is -2.32. The molecule has 1 aliphatic rings. The van der Waals surface area contributed by atoms with Crippen LogP contribution in [0.3, 0.4) is 0 Å². The van der Waals surface area contributed by atoms with E-state index in [2.05, 4.69) is 48.5 Å². The van der Waals surface area contributed by atoms with Gasteiger partial charge in [-0.05, 0) is 44.9 Å². The van der Waals surface area contributed by atoms with E-state index in [1.807, 2.05) is 13.8 Å². The van der Waals surface area contributed by atoms with E-state index in [1.165, 1.54) is 12.8 Å². The highest BCUT2D eigenvalue weighted by atomic mass is 32.1. The minimum Gasteiger partial charge on any atom is -0.390 e. The van der Waals surface area contributed by atoms with Crippen molar-refractivity contribution in [3.63, 3.8) is 0 Å². The molecule has 1 aromatic heterocycles. The van der Waals surface area contributed by atoms with Crippen LogP contribution in [0.1, 0.15) is 116 Å². The van der Waals surface area contributed by atoms with E-state index in [1.54, 1.807) is 30.2 Å². The highest BCUT2D eigenvalue weighted by molar-refractivity contribution is 7.11. The van der Waals surface area contributed by atoms with E-state index < -0.39 is 23.7 Å². The van der Waals surface area contributed by atoms with Crippen LogP contribution in [0.4, 0.5) is 0 Å². The predicted molar refractivity (Wildman–Crippen MR) is 155 cm³/mol. The topological polar surface area (TPSA) is 107 Å². The Kier molecular flexibility index (Phi) is 12.6. The van der Waals surface area contributed by atoms with Crippen molar-refractivity contribution in [2.45, 2.75) is 136 Å². The number of rotatable bonds is 6. The van der Waals surface area contributed by atoms with Crippen LogP contribution in [-0.4, -0.2) is 63.8 Å². The second kappa shape index (κ2) is 14.7. The molecule has 0 radical (unpaired) electrons. The lowest BCUT2D eigenvalue weighted by molar-refractivity contribution is -0.139. The molecule has 1 aromatic rings. The summed E-state index contributed by atoms with van der Waals surface area (Å²) in [4.78, 5) is 27.3. The molecule has 2 rings (SSSR count). The van der Waals surface area contributed by atoms with Gasteiger partial charge in [0.25, 0.3) is 0 Å². The minimum absolute atomic E-state index is 0.00323. The van der Waals surface area contributed by atoms with Crippen molar-refractivity contribution in [1.29, 1.82) is 0 Å². The van der Waals surface area contributed by atoms with Gasteiger partial charge in [-0.3, -0.25) is 9.59 Å². The van der Waals surface area contributed by atoms with Crippen LogP contribution in [0.25, 0.3) is 0 Å². The third kappa shape index (κ3) is 10.9. The molecule has 0 aliphatic carbocycles. The summed E-state index contributed by atoms with van der Waals surface area (Å²) >= 11 is 1.60. The molecular formula is C29H53N5O3S. The first kappa shape index (κ1) is 32.6. The molecule has 4 atom stereocenters. The lowest BCUT2D eigenvalue weighted by atomic mass is 9.92. The number of hydrogen-bond acceptors (Lipinski definition) is 7. The highest BCUT2D eigenvalue weighted by Crippen LogP contribution is 2.28. The van der Waals surface area contributed by atoms with Gasteiger partial charge < -0.3 is 20.6 Å². The Morgan fingerprint density at radius 3 is 2.34 bits per heavy atom. The summed E-state index contributed by atoms with van der Waals surface area (Å²) in [5.41, 5.74) is -0.331. The van der Waals surface area contributed by atoms with Crippen LogP contribution < -0.4 is 10.6 Å². The van der Waals surface area contributed by atoms with Gasteiger partial charge in [0.15, 0.2) is 0 Å². The van der Waals surface area contributed by atoms with Crippen LogP contribution in [0.15, 0.2) is 0 Å². The number of likely N-dealkylation sites (N-methyl/N-ethyl adjacent to an activating group) is 1. The van der Waals surface area contributed by atoms with Crippen molar-refractivity contribution < 1.29 is 14.7 Å². The summed E-state index contributed by atoms with van der Waals surface area (Å²) < 4.78 is 0. The van der Waals surface area contributed by atoms with Crippen LogP contribution in [-0.2, 0) is 21.5 Å². The molecule has 3 N–H and O–H groups in total. The number of carbonyl (C=O) groups is 2. The van der Waals surface area contributed by atoms with Gasteiger partial charge in [0.05, 0.1) is 17.7 Å². The van der Waals surface area contributed by atoms with E-state index in [0.717, 1.165) is 48.5 Å². The van der Waals surface area contributed by atoms with Gasteiger partial charge >= 0.3 is 0 Å². The average molecular weight is 552 g/mol. The number of nitrogens with one attached hydrogen (secondary N) is 2. The first-order chi connectivity index (χ1) is 17.7. The Morgan fingerprint density at radius 2 is 1.68 bits per heavy atom. The van der Waals surface area contributed by atoms with Crippen LogP contribution in [0, 0.1) is 11.3 Å². The monoisotopic (exact) mass is 551 g/mol. The molecule has 2 amide bonds. The Morgan fingerprint density at radius 1 is 1.05 bits per heavy atom. The SMILES string of the molecule is C[C@@H]1CCCCCCCCC(=O)N(C)[C@@H](C)C(=O)N[C@H]([C@H](O)CNC(C)(C)c2nnc(CC(C)(C)C)s2)C1. The number of aromatic nitrogens is 2. The summed E-state index contributed by atoms with van der Waals surface area (Å²) in [5, 5.41) is 28.5. The molecule has 2 heterocycles. The summed E-state index contributed by atoms with van der Waals surface area (Å²) in [5.74, 6) is 0.143. The first-order valence-corrected chi connectivity index (χ1v) is 15.3. The molecule has 1 saturated heterocycles. The summed E-state index contributed by atoms with van der Waals surface area (Å²) in [6.07, 6.45) is 8.92. The summed E-state index contributed by atoms with van der Waals surface area (Å²) in [6.45, 7) is 14.9. The number of hydrogen-bond donors (Lipinski definition) is 3. The zero-order valence-corrected chi connectivity index (χ0v) is 25.9. The molecule has 0 bridgehead atoms. The largest absolute Gasteiger partial charge is 0.390 e. The van der Waals surface area contributed by atoms with Gasteiger partial charge in [-0.15, -0.1) is 10.2 Å². The van der Waals surface area contributed by atoms with Crippen molar-refractivity contribution in [1.82, 2.24) is 25.7 Å². The van der Waals surface area contributed by atoms with E-state index in [-0.39, 0.29) is 17.2 Å². The van der Waals surface area contributed by atoms with Crippen LogP contribution in [0.2, 0.25) is 0 Å². The molecule has 0 spiro atoms. The predicted octanol–water partition coefficient (Wildman–Crippen LogP) is 4.80. The first-order valence-electron chi connectivity index (χ1n) is 14.5. The molecule has 38 heavy (non-hydrogen) atoms. The zero-order valence-electron chi connectivity index (χ0n) is 25.1. The standard InChI is InChI=1S/C29H53N5O3S/c1-20-15-13-11-9-10-12-14-16-25(36)34(8)21(2)26(37)31-22(17-20)23(35)19-30-29(6,7)27-33-32-24(38-27)18-28(3,4)5/h20-23,30,35H,9-19H2,1-8H3,(H,31,37)/t20-,21+,22+,23-/m1/s1. The molecule has 0 unspecified atom stereocenters. The molecule has 1 fully saturated rings. The fourth-order valence-electron chi connectivity index (χ4n) is 4.82. The third-order valence-electron chi connectivity index (χ3n) is 7.58. The van der Waals surface area contributed by atoms with Gasteiger partial charge in [0.1, 0.15) is 16.1 Å². The van der Waals surface area contributed by atoms with Crippen LogP contribution >= 0.6 is 11.3 Å². The lowest BCUT2D eigenvalue weighted by Crippen LogP contribution is -2.55. The van der Waals surface area contributed by atoms with E-state index in [0.29, 0.717) is 25.3 Å². The van der Waals surface area contributed by atoms with Gasteiger partial charge in [-0.1, -0.05) is 77.6 Å².